The monoisotopic (exact) mass is 337 g/mol. The first-order chi connectivity index (χ1) is 9.55. The molecule has 1 amide bonds. The smallest absolute Gasteiger partial charge is 0.242 e. The number of hydrogen-bond donors (Lipinski definition) is 1. The molecule has 0 aromatic carbocycles. The van der Waals surface area contributed by atoms with Crippen LogP contribution >= 0.6 is 15.9 Å². The van der Waals surface area contributed by atoms with Gasteiger partial charge in [-0.15, -0.1) is 0 Å². The van der Waals surface area contributed by atoms with E-state index in [4.69, 9.17) is 0 Å². The van der Waals surface area contributed by atoms with Crippen molar-refractivity contribution in [1.29, 1.82) is 0 Å². The van der Waals surface area contributed by atoms with E-state index in [2.05, 4.69) is 39.2 Å². The largest absolute Gasteiger partial charge is 0.344 e. The summed E-state index contributed by atoms with van der Waals surface area (Å²) in [6.07, 6.45) is 5.71. The number of rotatable bonds is 2. The lowest BCUT2D eigenvalue weighted by Gasteiger charge is -2.23. The highest BCUT2D eigenvalue weighted by Gasteiger charge is 2.50. The van der Waals surface area contributed by atoms with E-state index in [9.17, 15) is 4.79 Å². The molecule has 2 aliphatic rings. The molecule has 1 aromatic rings. The fourth-order valence-electron chi connectivity index (χ4n) is 3.31. The van der Waals surface area contributed by atoms with Crippen molar-refractivity contribution >= 4 is 21.8 Å². The summed E-state index contributed by atoms with van der Waals surface area (Å²) < 4.78 is 1.11. The third-order valence-electron chi connectivity index (χ3n) is 4.63. The Hall–Kier alpha value is -0.940. The number of aromatic nitrogens is 1. The molecule has 2 aliphatic heterocycles. The van der Waals surface area contributed by atoms with E-state index >= 15 is 0 Å². The molecule has 1 N–H and O–H groups in total. The standard InChI is InChI=1S/C15H20BrN3O/c1-3-10-9-17-13(8-11(10)16)12-4-5-15(18-12)6-7-19(2)14(15)20/h8-9,12,18H,3-7H2,1-2H3/t12-,15-/m0/s1. The number of nitrogens with zero attached hydrogens (tertiary/aromatic N) is 2. The summed E-state index contributed by atoms with van der Waals surface area (Å²) in [5.74, 6) is 0.240. The van der Waals surface area contributed by atoms with E-state index in [1.165, 1.54) is 5.56 Å². The molecule has 0 unspecified atom stereocenters. The van der Waals surface area contributed by atoms with Crippen molar-refractivity contribution in [2.75, 3.05) is 13.6 Å². The van der Waals surface area contributed by atoms with Gasteiger partial charge in [-0.25, -0.2) is 0 Å². The molecule has 20 heavy (non-hydrogen) atoms. The van der Waals surface area contributed by atoms with Gasteiger partial charge in [-0.2, -0.15) is 0 Å². The average molecular weight is 338 g/mol. The highest BCUT2D eigenvalue weighted by Crippen LogP contribution is 2.39. The molecule has 108 valence electrons. The first-order valence-corrected chi connectivity index (χ1v) is 8.02. The van der Waals surface area contributed by atoms with E-state index in [1.54, 1.807) is 0 Å². The van der Waals surface area contributed by atoms with Gasteiger partial charge in [0.15, 0.2) is 0 Å². The van der Waals surface area contributed by atoms with E-state index in [-0.39, 0.29) is 17.5 Å². The second-order valence-corrected chi connectivity index (χ2v) is 6.70. The molecule has 1 spiro atoms. The lowest BCUT2D eigenvalue weighted by Crippen LogP contribution is -2.47. The lowest BCUT2D eigenvalue weighted by molar-refractivity contribution is -0.131. The first-order valence-electron chi connectivity index (χ1n) is 7.23. The first kappa shape index (κ1) is 14.0. The highest BCUT2D eigenvalue weighted by molar-refractivity contribution is 9.10. The van der Waals surface area contributed by atoms with E-state index < -0.39 is 0 Å². The number of carbonyl (C=O) groups is 1. The molecule has 2 saturated heterocycles. The number of likely N-dealkylation sites (N-methyl/N-ethyl adjacent to an activating group) is 1. The summed E-state index contributed by atoms with van der Waals surface area (Å²) in [5.41, 5.74) is 1.92. The molecule has 2 fully saturated rings. The molecule has 1 aromatic heterocycles. The number of pyridine rings is 1. The topological polar surface area (TPSA) is 45.2 Å². The zero-order valence-electron chi connectivity index (χ0n) is 11.9. The quantitative estimate of drug-likeness (QED) is 0.901. The van der Waals surface area contributed by atoms with Crippen molar-refractivity contribution in [3.63, 3.8) is 0 Å². The third kappa shape index (κ3) is 2.17. The number of aryl methyl sites for hydroxylation is 1. The molecule has 4 nitrogen and oxygen atoms in total. The maximum atomic E-state index is 12.3. The van der Waals surface area contributed by atoms with Crippen molar-refractivity contribution in [2.45, 2.75) is 44.2 Å². The molecule has 0 saturated carbocycles. The Balaban J connectivity index is 1.81. The van der Waals surface area contributed by atoms with Gasteiger partial charge in [-0.1, -0.05) is 22.9 Å². The van der Waals surface area contributed by atoms with Crippen molar-refractivity contribution in [3.05, 3.63) is 28.0 Å². The summed E-state index contributed by atoms with van der Waals surface area (Å²) in [6.45, 7) is 2.97. The number of hydrogen-bond acceptors (Lipinski definition) is 3. The van der Waals surface area contributed by atoms with Crippen LogP contribution in [0, 0.1) is 0 Å². The predicted molar refractivity (Wildman–Crippen MR) is 81.4 cm³/mol. The maximum absolute atomic E-state index is 12.3. The molecular formula is C15H20BrN3O. The van der Waals surface area contributed by atoms with Crippen LogP contribution in [-0.4, -0.2) is 34.9 Å². The fourth-order valence-corrected chi connectivity index (χ4v) is 3.93. The number of nitrogens with one attached hydrogen (secondary N) is 1. The number of halogens is 1. The fraction of sp³-hybridized carbons (Fsp3) is 0.600. The van der Waals surface area contributed by atoms with Crippen LogP contribution in [0.15, 0.2) is 16.7 Å². The molecule has 3 rings (SSSR count). The zero-order valence-corrected chi connectivity index (χ0v) is 13.5. The summed E-state index contributed by atoms with van der Waals surface area (Å²) in [6, 6.07) is 2.28. The van der Waals surface area contributed by atoms with Crippen molar-refractivity contribution < 1.29 is 4.79 Å². The molecular weight excluding hydrogens is 318 g/mol. The second kappa shape index (κ2) is 5.11. The Kier molecular flexibility index (Phi) is 3.58. The number of carbonyl (C=O) groups excluding carboxylic acids is 1. The molecule has 2 atom stereocenters. The Labute approximate surface area is 128 Å². The lowest BCUT2D eigenvalue weighted by atomic mass is 9.96. The van der Waals surface area contributed by atoms with Crippen LogP contribution in [0.5, 0.6) is 0 Å². The Morgan fingerprint density at radius 3 is 2.95 bits per heavy atom. The predicted octanol–water partition coefficient (Wildman–Crippen LogP) is 2.43. The molecule has 0 aliphatic carbocycles. The minimum absolute atomic E-state index is 0.188. The van der Waals surface area contributed by atoms with Crippen LogP contribution in [0.2, 0.25) is 0 Å². The maximum Gasteiger partial charge on any atom is 0.242 e. The van der Waals surface area contributed by atoms with Gasteiger partial charge in [0.05, 0.1) is 11.7 Å². The van der Waals surface area contributed by atoms with Crippen molar-refractivity contribution in [3.8, 4) is 0 Å². The van der Waals surface area contributed by atoms with Gasteiger partial charge in [-0.05, 0) is 37.3 Å². The van der Waals surface area contributed by atoms with Crippen molar-refractivity contribution in [2.24, 2.45) is 0 Å². The van der Waals surface area contributed by atoms with Crippen LogP contribution in [-0.2, 0) is 11.2 Å². The molecule has 5 heteroatoms. The normalized spacial score (nSPS) is 29.6. The number of amides is 1. The van der Waals surface area contributed by atoms with Crippen LogP contribution in [0.1, 0.15) is 43.5 Å². The molecule has 3 heterocycles. The van der Waals surface area contributed by atoms with Gasteiger partial charge in [-0.3, -0.25) is 15.1 Å². The number of likely N-dealkylation sites (tertiary alicyclic amines) is 1. The van der Waals surface area contributed by atoms with Gasteiger partial charge in [0, 0.05) is 24.3 Å². The Morgan fingerprint density at radius 2 is 2.35 bits per heavy atom. The highest BCUT2D eigenvalue weighted by atomic mass is 79.9. The SMILES string of the molecule is CCc1cnc([C@@H]2CC[C@@]3(CCN(C)C3=O)N2)cc1Br. The Bertz CT molecular complexity index is 548. The Morgan fingerprint density at radius 1 is 1.55 bits per heavy atom. The zero-order chi connectivity index (χ0) is 14.3. The summed E-state index contributed by atoms with van der Waals surface area (Å²) >= 11 is 3.61. The summed E-state index contributed by atoms with van der Waals surface area (Å²) in [5, 5.41) is 3.55. The summed E-state index contributed by atoms with van der Waals surface area (Å²) in [7, 11) is 1.89. The molecule has 0 bridgehead atoms. The van der Waals surface area contributed by atoms with Crippen molar-refractivity contribution in [1.82, 2.24) is 15.2 Å². The van der Waals surface area contributed by atoms with Crippen LogP contribution in [0.3, 0.4) is 0 Å². The molecule has 0 radical (unpaired) electrons. The van der Waals surface area contributed by atoms with Crippen LogP contribution < -0.4 is 5.32 Å². The van der Waals surface area contributed by atoms with Gasteiger partial charge < -0.3 is 4.90 Å². The van der Waals surface area contributed by atoms with Gasteiger partial charge in [0.25, 0.3) is 0 Å². The van der Waals surface area contributed by atoms with E-state index in [0.29, 0.717) is 0 Å². The minimum atomic E-state index is -0.336. The van der Waals surface area contributed by atoms with Gasteiger partial charge in [0.2, 0.25) is 5.91 Å². The van der Waals surface area contributed by atoms with Gasteiger partial charge >= 0.3 is 0 Å². The second-order valence-electron chi connectivity index (χ2n) is 5.85. The van der Waals surface area contributed by atoms with Gasteiger partial charge in [0.1, 0.15) is 5.54 Å². The third-order valence-corrected chi connectivity index (χ3v) is 5.37. The summed E-state index contributed by atoms with van der Waals surface area (Å²) in [4.78, 5) is 18.7. The van der Waals surface area contributed by atoms with E-state index in [1.807, 2.05) is 18.1 Å². The van der Waals surface area contributed by atoms with Crippen LogP contribution in [0.4, 0.5) is 0 Å². The van der Waals surface area contributed by atoms with E-state index in [0.717, 1.165) is 42.4 Å². The average Bonchev–Trinajstić information content (AvgIpc) is 3.00. The van der Waals surface area contributed by atoms with Crippen LogP contribution in [0.25, 0.3) is 0 Å². The minimum Gasteiger partial charge on any atom is -0.344 e.